The Hall–Kier alpha value is -2.17. The average molecular weight is 203 g/mol. The zero-order valence-electron chi connectivity index (χ0n) is 8.10. The second-order valence-electron chi connectivity index (χ2n) is 3.04. The summed E-state index contributed by atoms with van der Waals surface area (Å²) in [5.74, 6) is 0. The van der Waals surface area contributed by atoms with E-state index in [1.54, 1.807) is 31.3 Å². The molecule has 0 bridgehead atoms. The third kappa shape index (κ3) is 1.48. The van der Waals surface area contributed by atoms with Gasteiger partial charge in [0.2, 0.25) is 0 Å². The van der Waals surface area contributed by atoms with Crippen LogP contribution in [0.5, 0.6) is 0 Å². The number of benzene rings is 1. The lowest BCUT2D eigenvalue weighted by Gasteiger charge is -2.04. The molecular weight excluding hydrogens is 194 g/mol. The fourth-order valence-corrected chi connectivity index (χ4v) is 1.51. The number of anilines is 1. The lowest BCUT2D eigenvalue weighted by atomic mass is 10.1. The SMILES string of the molecule is CNc1cnc2ccccc2c1[N+](=O)[O-]. The maximum absolute atomic E-state index is 10.9. The van der Waals surface area contributed by atoms with Crippen LogP contribution < -0.4 is 5.32 Å². The first kappa shape index (κ1) is 9.39. The molecule has 2 aromatic rings. The lowest BCUT2D eigenvalue weighted by Crippen LogP contribution is -1.98. The van der Waals surface area contributed by atoms with Crippen LogP contribution in [0.3, 0.4) is 0 Å². The number of nitro groups is 1. The van der Waals surface area contributed by atoms with Crippen molar-refractivity contribution in [1.82, 2.24) is 4.98 Å². The maximum Gasteiger partial charge on any atom is 0.303 e. The minimum atomic E-state index is -0.393. The topological polar surface area (TPSA) is 68.1 Å². The Morgan fingerprint density at radius 2 is 2.13 bits per heavy atom. The average Bonchev–Trinajstić information content (AvgIpc) is 2.27. The Labute approximate surface area is 85.9 Å². The van der Waals surface area contributed by atoms with E-state index >= 15 is 0 Å². The zero-order valence-corrected chi connectivity index (χ0v) is 8.10. The van der Waals surface area contributed by atoms with Crippen LogP contribution >= 0.6 is 0 Å². The van der Waals surface area contributed by atoms with E-state index in [1.165, 1.54) is 6.20 Å². The summed E-state index contributed by atoms with van der Waals surface area (Å²) in [6.07, 6.45) is 1.47. The minimum absolute atomic E-state index is 0.0723. The maximum atomic E-state index is 10.9. The molecule has 0 fully saturated rings. The molecule has 0 saturated carbocycles. The number of nitrogens with one attached hydrogen (secondary N) is 1. The molecule has 5 nitrogen and oxygen atoms in total. The van der Waals surface area contributed by atoms with E-state index in [1.807, 2.05) is 0 Å². The molecular formula is C10H9N3O2. The van der Waals surface area contributed by atoms with E-state index in [0.29, 0.717) is 16.6 Å². The molecule has 0 radical (unpaired) electrons. The van der Waals surface area contributed by atoms with Crippen molar-refractivity contribution in [3.8, 4) is 0 Å². The molecule has 76 valence electrons. The van der Waals surface area contributed by atoms with Gasteiger partial charge in [-0.15, -0.1) is 0 Å². The van der Waals surface area contributed by atoms with Gasteiger partial charge >= 0.3 is 5.69 Å². The van der Waals surface area contributed by atoms with Gasteiger partial charge in [-0.05, 0) is 12.1 Å². The van der Waals surface area contributed by atoms with Gasteiger partial charge < -0.3 is 5.32 Å². The van der Waals surface area contributed by atoms with Crippen molar-refractivity contribution < 1.29 is 4.92 Å². The fraction of sp³-hybridized carbons (Fsp3) is 0.100. The second kappa shape index (κ2) is 3.53. The van der Waals surface area contributed by atoms with Crippen LogP contribution in [-0.2, 0) is 0 Å². The van der Waals surface area contributed by atoms with Gasteiger partial charge in [0.25, 0.3) is 0 Å². The first-order valence-electron chi connectivity index (χ1n) is 4.44. The van der Waals surface area contributed by atoms with E-state index < -0.39 is 4.92 Å². The van der Waals surface area contributed by atoms with E-state index in [2.05, 4.69) is 10.3 Å². The summed E-state index contributed by atoms with van der Waals surface area (Å²) in [7, 11) is 1.64. The molecule has 0 atom stereocenters. The standard InChI is InChI=1S/C10H9N3O2/c1-11-9-6-12-8-5-3-2-4-7(8)10(9)13(14)15/h2-6,11H,1H3. The van der Waals surface area contributed by atoms with E-state index in [4.69, 9.17) is 0 Å². The van der Waals surface area contributed by atoms with Gasteiger partial charge in [-0.25, -0.2) is 0 Å². The van der Waals surface area contributed by atoms with Crippen LogP contribution in [0.25, 0.3) is 10.9 Å². The quantitative estimate of drug-likeness (QED) is 0.600. The number of pyridine rings is 1. The molecule has 1 N–H and O–H groups in total. The predicted octanol–water partition coefficient (Wildman–Crippen LogP) is 2.18. The number of hydrogen-bond donors (Lipinski definition) is 1. The number of nitrogens with zero attached hydrogens (tertiary/aromatic N) is 2. The van der Waals surface area contributed by atoms with Crippen molar-refractivity contribution in [2.75, 3.05) is 12.4 Å². The number of hydrogen-bond acceptors (Lipinski definition) is 4. The molecule has 5 heteroatoms. The molecule has 2 rings (SSSR count). The highest BCUT2D eigenvalue weighted by Gasteiger charge is 2.17. The highest BCUT2D eigenvalue weighted by molar-refractivity contribution is 5.93. The number of para-hydroxylation sites is 1. The summed E-state index contributed by atoms with van der Waals surface area (Å²) in [5, 5.41) is 14.2. The van der Waals surface area contributed by atoms with Gasteiger partial charge in [0.15, 0.2) is 0 Å². The van der Waals surface area contributed by atoms with Gasteiger partial charge in [-0.1, -0.05) is 12.1 Å². The van der Waals surface area contributed by atoms with Gasteiger partial charge in [-0.2, -0.15) is 0 Å². The summed E-state index contributed by atoms with van der Waals surface area (Å²) in [4.78, 5) is 14.7. The Bertz CT molecular complexity index is 525. The van der Waals surface area contributed by atoms with Crippen LogP contribution in [0.15, 0.2) is 30.5 Å². The molecule has 0 aliphatic heterocycles. The molecule has 0 saturated heterocycles. The summed E-state index contributed by atoms with van der Waals surface area (Å²) < 4.78 is 0. The Kier molecular flexibility index (Phi) is 2.21. The largest absolute Gasteiger partial charge is 0.381 e. The molecule has 0 aliphatic rings. The van der Waals surface area contributed by atoms with Crippen LogP contribution in [-0.4, -0.2) is 17.0 Å². The summed E-state index contributed by atoms with van der Waals surface area (Å²) >= 11 is 0. The van der Waals surface area contributed by atoms with Crippen LogP contribution in [0.1, 0.15) is 0 Å². The molecule has 15 heavy (non-hydrogen) atoms. The summed E-state index contributed by atoms with van der Waals surface area (Å²) in [5.41, 5.74) is 1.13. The fourth-order valence-electron chi connectivity index (χ4n) is 1.51. The van der Waals surface area contributed by atoms with E-state index in [-0.39, 0.29) is 5.69 Å². The first-order valence-corrected chi connectivity index (χ1v) is 4.44. The van der Waals surface area contributed by atoms with Gasteiger partial charge in [0.1, 0.15) is 5.69 Å². The van der Waals surface area contributed by atoms with Crippen LogP contribution in [0.4, 0.5) is 11.4 Å². The van der Waals surface area contributed by atoms with Gasteiger partial charge in [0, 0.05) is 7.05 Å². The van der Waals surface area contributed by atoms with Crippen molar-refractivity contribution in [2.24, 2.45) is 0 Å². The zero-order chi connectivity index (χ0) is 10.8. The second-order valence-corrected chi connectivity index (χ2v) is 3.04. The number of aromatic nitrogens is 1. The molecule has 0 amide bonds. The minimum Gasteiger partial charge on any atom is -0.381 e. The van der Waals surface area contributed by atoms with Crippen LogP contribution in [0.2, 0.25) is 0 Å². The van der Waals surface area contributed by atoms with E-state index in [9.17, 15) is 10.1 Å². The highest BCUT2D eigenvalue weighted by Crippen LogP contribution is 2.31. The van der Waals surface area contributed by atoms with Crippen molar-refractivity contribution in [1.29, 1.82) is 0 Å². The summed E-state index contributed by atoms with van der Waals surface area (Å²) in [6, 6.07) is 7.01. The van der Waals surface area contributed by atoms with Gasteiger partial charge in [0.05, 0.1) is 22.0 Å². The predicted molar refractivity (Wildman–Crippen MR) is 57.9 cm³/mol. The van der Waals surface area contributed by atoms with E-state index in [0.717, 1.165) is 0 Å². The summed E-state index contributed by atoms with van der Waals surface area (Å²) in [6.45, 7) is 0. The monoisotopic (exact) mass is 203 g/mol. The number of rotatable bonds is 2. The Morgan fingerprint density at radius 3 is 2.80 bits per heavy atom. The molecule has 1 aromatic heterocycles. The highest BCUT2D eigenvalue weighted by atomic mass is 16.6. The number of fused-ring (bicyclic) bond motifs is 1. The smallest absolute Gasteiger partial charge is 0.303 e. The molecule has 0 unspecified atom stereocenters. The van der Waals surface area contributed by atoms with Crippen LogP contribution in [0, 0.1) is 10.1 Å². The molecule has 1 aromatic carbocycles. The van der Waals surface area contributed by atoms with Crippen molar-refractivity contribution in [3.63, 3.8) is 0 Å². The van der Waals surface area contributed by atoms with Gasteiger partial charge in [-0.3, -0.25) is 15.1 Å². The van der Waals surface area contributed by atoms with Crippen molar-refractivity contribution in [3.05, 3.63) is 40.6 Å². The Balaban J connectivity index is 2.85. The first-order chi connectivity index (χ1) is 7.24. The third-order valence-electron chi connectivity index (χ3n) is 2.20. The molecule has 0 aliphatic carbocycles. The lowest BCUT2D eigenvalue weighted by molar-refractivity contribution is -0.382. The molecule has 0 spiro atoms. The van der Waals surface area contributed by atoms with Crippen molar-refractivity contribution in [2.45, 2.75) is 0 Å². The normalized spacial score (nSPS) is 10.2. The third-order valence-corrected chi connectivity index (χ3v) is 2.20. The van der Waals surface area contributed by atoms with Crippen molar-refractivity contribution >= 4 is 22.3 Å². The molecule has 1 heterocycles. The Morgan fingerprint density at radius 1 is 1.40 bits per heavy atom.